The van der Waals surface area contributed by atoms with Gasteiger partial charge < -0.3 is 5.11 Å². The minimum Gasteiger partial charge on any atom is -0.377 e. The maximum Gasteiger partial charge on any atom is 0.245 e. The van der Waals surface area contributed by atoms with Gasteiger partial charge in [0.2, 0.25) is 10.0 Å². The molecule has 0 saturated carbocycles. The van der Waals surface area contributed by atoms with Gasteiger partial charge in [-0.15, -0.1) is 0 Å². The van der Waals surface area contributed by atoms with Crippen LogP contribution >= 0.6 is 11.6 Å². The molecule has 2 aromatic rings. The first-order valence-corrected chi connectivity index (χ1v) is 9.72. The largest absolute Gasteiger partial charge is 0.377 e. The van der Waals surface area contributed by atoms with E-state index in [4.69, 9.17) is 11.6 Å². The van der Waals surface area contributed by atoms with Crippen molar-refractivity contribution in [2.24, 2.45) is 5.92 Å². The van der Waals surface area contributed by atoms with Gasteiger partial charge in [-0.05, 0) is 43.2 Å². The van der Waals surface area contributed by atoms with Gasteiger partial charge in [0.25, 0.3) is 0 Å². The first-order chi connectivity index (χ1) is 11.4. The maximum atomic E-state index is 13.0. The van der Waals surface area contributed by atoms with E-state index in [1.54, 1.807) is 36.4 Å². The molecule has 1 saturated heterocycles. The maximum absolute atomic E-state index is 13.0. The fourth-order valence-corrected chi connectivity index (χ4v) is 5.08. The van der Waals surface area contributed by atoms with Gasteiger partial charge in [0, 0.05) is 10.9 Å². The highest BCUT2D eigenvalue weighted by Gasteiger charge is 2.53. The molecule has 0 aromatic heterocycles. The molecule has 1 fully saturated rings. The van der Waals surface area contributed by atoms with E-state index >= 15 is 0 Å². The average molecular weight is 366 g/mol. The number of benzene rings is 2. The van der Waals surface area contributed by atoms with E-state index in [2.05, 4.69) is 0 Å². The fourth-order valence-electron chi connectivity index (χ4n) is 3.22. The lowest BCUT2D eigenvalue weighted by Crippen LogP contribution is -2.60. The van der Waals surface area contributed by atoms with Crippen LogP contribution in [-0.2, 0) is 10.0 Å². The van der Waals surface area contributed by atoms with Crippen LogP contribution in [0, 0.1) is 12.8 Å². The minimum atomic E-state index is -3.77. The van der Waals surface area contributed by atoms with Gasteiger partial charge in [0.15, 0.2) is 0 Å². The molecule has 24 heavy (non-hydrogen) atoms. The molecular weight excluding hydrogens is 346 g/mol. The first kappa shape index (κ1) is 17.4. The molecule has 0 unspecified atom stereocenters. The van der Waals surface area contributed by atoms with Crippen molar-refractivity contribution in [2.75, 3.05) is 0 Å². The molecule has 1 aliphatic heterocycles. The first-order valence-electron chi connectivity index (χ1n) is 7.90. The second-order valence-corrected chi connectivity index (χ2v) is 8.41. The van der Waals surface area contributed by atoms with Crippen molar-refractivity contribution in [3.05, 3.63) is 64.7 Å². The molecule has 3 atom stereocenters. The molecule has 0 spiro atoms. The van der Waals surface area contributed by atoms with Crippen LogP contribution in [-0.4, -0.2) is 24.1 Å². The van der Waals surface area contributed by atoms with E-state index in [-0.39, 0.29) is 16.9 Å². The number of sulfonamides is 1. The summed E-state index contributed by atoms with van der Waals surface area (Å²) in [5.41, 5.74) is 1.83. The molecule has 128 valence electrons. The molecule has 6 heteroatoms. The van der Waals surface area contributed by atoms with Crippen LogP contribution in [0.5, 0.6) is 0 Å². The van der Waals surface area contributed by atoms with Crippen LogP contribution in [0.4, 0.5) is 0 Å². The Labute approximate surface area is 147 Å². The van der Waals surface area contributed by atoms with Crippen molar-refractivity contribution in [1.29, 1.82) is 0 Å². The Morgan fingerprint density at radius 2 is 1.67 bits per heavy atom. The Morgan fingerprint density at radius 1 is 1.08 bits per heavy atom. The Morgan fingerprint density at radius 3 is 2.21 bits per heavy atom. The van der Waals surface area contributed by atoms with E-state index < -0.39 is 16.3 Å². The molecule has 0 radical (unpaired) electrons. The van der Waals surface area contributed by atoms with Crippen molar-refractivity contribution in [3.8, 4) is 0 Å². The molecule has 0 aliphatic carbocycles. The van der Waals surface area contributed by atoms with Gasteiger partial charge in [0.1, 0.15) is 6.23 Å². The Kier molecular flexibility index (Phi) is 4.71. The highest BCUT2D eigenvalue weighted by atomic mass is 35.5. The third-order valence-electron chi connectivity index (χ3n) is 4.60. The van der Waals surface area contributed by atoms with Gasteiger partial charge in [-0.25, -0.2) is 8.42 Å². The molecule has 2 aromatic carbocycles. The molecule has 3 rings (SSSR count). The van der Waals surface area contributed by atoms with Gasteiger partial charge in [0.05, 0.1) is 10.9 Å². The highest BCUT2D eigenvalue weighted by Crippen LogP contribution is 2.48. The predicted octanol–water partition coefficient (Wildman–Crippen LogP) is 3.74. The van der Waals surface area contributed by atoms with Crippen molar-refractivity contribution >= 4 is 21.6 Å². The number of halogens is 1. The third kappa shape index (κ3) is 2.86. The standard InChI is InChI=1S/C18H20ClNO3S/c1-3-16-17(13-6-8-14(19)9-7-13)20(18(16)21)24(22,23)15-10-4-12(2)5-11-15/h4-11,16-18,21H,3H2,1-2H3/t16-,17-,18+/m1/s1. The summed E-state index contributed by atoms with van der Waals surface area (Å²) in [4.78, 5) is 0.195. The number of nitrogens with zero attached hydrogens (tertiary/aromatic N) is 1. The van der Waals surface area contributed by atoms with Crippen molar-refractivity contribution in [2.45, 2.75) is 37.4 Å². The molecule has 1 heterocycles. The SMILES string of the molecule is CC[C@@H]1[C@@H](c2ccc(Cl)cc2)N(S(=O)(=O)c2ccc(C)cc2)[C@H]1O. The van der Waals surface area contributed by atoms with Gasteiger partial charge in [-0.3, -0.25) is 0 Å². The summed E-state index contributed by atoms with van der Waals surface area (Å²) in [7, 11) is -3.77. The van der Waals surface area contributed by atoms with Gasteiger partial charge in [-0.2, -0.15) is 4.31 Å². The van der Waals surface area contributed by atoms with Crippen LogP contribution in [0.2, 0.25) is 5.02 Å². The summed E-state index contributed by atoms with van der Waals surface area (Å²) in [5.74, 6) is -0.133. The smallest absolute Gasteiger partial charge is 0.245 e. The van der Waals surface area contributed by atoms with E-state index in [9.17, 15) is 13.5 Å². The number of aliphatic hydroxyl groups is 1. The molecule has 4 nitrogen and oxygen atoms in total. The van der Waals surface area contributed by atoms with Crippen LogP contribution in [0.15, 0.2) is 53.4 Å². The second-order valence-electron chi connectivity index (χ2n) is 6.13. The zero-order valence-electron chi connectivity index (χ0n) is 13.6. The van der Waals surface area contributed by atoms with Crippen molar-refractivity contribution < 1.29 is 13.5 Å². The minimum absolute atomic E-state index is 0.133. The highest BCUT2D eigenvalue weighted by molar-refractivity contribution is 7.89. The summed E-state index contributed by atoms with van der Waals surface area (Å²) in [6.07, 6.45) is -0.323. The quantitative estimate of drug-likeness (QED) is 0.897. The van der Waals surface area contributed by atoms with E-state index in [0.29, 0.717) is 11.4 Å². The van der Waals surface area contributed by atoms with E-state index in [1.165, 1.54) is 4.31 Å². The molecule has 0 bridgehead atoms. The number of rotatable bonds is 4. The van der Waals surface area contributed by atoms with E-state index in [0.717, 1.165) is 11.1 Å². The zero-order valence-corrected chi connectivity index (χ0v) is 15.1. The van der Waals surface area contributed by atoms with E-state index in [1.807, 2.05) is 26.0 Å². The fraction of sp³-hybridized carbons (Fsp3) is 0.333. The normalized spacial score (nSPS) is 24.6. The number of aryl methyl sites for hydroxylation is 1. The summed E-state index contributed by atoms with van der Waals surface area (Å²) >= 11 is 5.93. The van der Waals surface area contributed by atoms with Crippen LogP contribution in [0.1, 0.15) is 30.5 Å². The average Bonchev–Trinajstić information content (AvgIpc) is 2.54. The predicted molar refractivity (Wildman–Crippen MR) is 94.2 cm³/mol. The summed E-state index contributed by atoms with van der Waals surface area (Å²) in [6.45, 7) is 3.85. The Hall–Kier alpha value is -1.40. The summed E-state index contributed by atoms with van der Waals surface area (Å²) < 4.78 is 27.2. The van der Waals surface area contributed by atoms with Crippen LogP contribution in [0.25, 0.3) is 0 Å². The van der Waals surface area contributed by atoms with Gasteiger partial charge in [-0.1, -0.05) is 48.4 Å². The van der Waals surface area contributed by atoms with Crippen molar-refractivity contribution in [1.82, 2.24) is 4.31 Å². The van der Waals surface area contributed by atoms with Crippen LogP contribution in [0.3, 0.4) is 0 Å². The topological polar surface area (TPSA) is 57.6 Å². The van der Waals surface area contributed by atoms with Crippen LogP contribution < -0.4 is 0 Å². The van der Waals surface area contributed by atoms with Gasteiger partial charge >= 0.3 is 0 Å². The Balaban J connectivity index is 2.01. The Bertz CT molecular complexity index is 818. The number of hydrogen-bond donors (Lipinski definition) is 1. The molecule has 1 N–H and O–H groups in total. The zero-order chi connectivity index (χ0) is 17.5. The second kappa shape index (κ2) is 6.48. The monoisotopic (exact) mass is 365 g/mol. The molecular formula is C18H20ClNO3S. The summed E-state index contributed by atoms with van der Waals surface area (Å²) in [5, 5.41) is 11.0. The number of aliphatic hydroxyl groups excluding tert-OH is 1. The lowest BCUT2D eigenvalue weighted by Gasteiger charge is -2.51. The molecule has 0 amide bonds. The summed E-state index contributed by atoms with van der Waals surface area (Å²) in [6, 6.07) is 13.4. The number of hydrogen-bond acceptors (Lipinski definition) is 3. The lowest BCUT2D eigenvalue weighted by atomic mass is 9.82. The molecule has 1 aliphatic rings. The third-order valence-corrected chi connectivity index (χ3v) is 6.72. The van der Waals surface area contributed by atoms with Crippen molar-refractivity contribution in [3.63, 3.8) is 0 Å². The lowest BCUT2D eigenvalue weighted by molar-refractivity contribution is -0.124.